The Morgan fingerprint density at radius 3 is 2.80 bits per heavy atom. The van der Waals surface area contributed by atoms with Gasteiger partial charge in [0.1, 0.15) is 5.69 Å². The Kier molecular flexibility index (Phi) is 3.93. The molecule has 1 heterocycles. The molecule has 0 bridgehead atoms. The van der Waals surface area contributed by atoms with E-state index < -0.39 is 0 Å². The molecule has 0 unspecified atom stereocenters. The average molecular weight is 419 g/mol. The zero-order valence-corrected chi connectivity index (χ0v) is 14.3. The van der Waals surface area contributed by atoms with Crippen molar-refractivity contribution in [3.8, 4) is 0 Å². The highest BCUT2D eigenvalue weighted by atomic mass is 79.9. The van der Waals surface area contributed by atoms with Crippen LogP contribution in [0.2, 0.25) is 5.02 Å². The lowest BCUT2D eigenvalue weighted by Gasteiger charge is -2.10. The number of benzene rings is 1. The SMILES string of the molecule is O=C(Nc1cccc(Cl)c1Br)c1cc(Br)cn1C1CC1. The van der Waals surface area contributed by atoms with Crippen LogP contribution in [0.1, 0.15) is 29.4 Å². The summed E-state index contributed by atoms with van der Waals surface area (Å²) in [5.74, 6) is -0.134. The molecule has 0 atom stereocenters. The number of nitrogens with one attached hydrogen (secondary N) is 1. The van der Waals surface area contributed by atoms with E-state index in [-0.39, 0.29) is 5.91 Å². The lowest BCUT2D eigenvalue weighted by atomic mass is 10.3. The van der Waals surface area contributed by atoms with Gasteiger partial charge in [0.15, 0.2) is 0 Å². The highest BCUT2D eigenvalue weighted by Crippen LogP contribution is 2.38. The topological polar surface area (TPSA) is 34.0 Å². The molecule has 1 saturated carbocycles. The molecule has 1 aromatic carbocycles. The van der Waals surface area contributed by atoms with Crippen molar-refractivity contribution in [2.24, 2.45) is 0 Å². The Balaban J connectivity index is 1.88. The summed E-state index contributed by atoms with van der Waals surface area (Å²) >= 11 is 12.8. The van der Waals surface area contributed by atoms with Gasteiger partial charge in [-0.3, -0.25) is 4.79 Å². The molecule has 1 amide bonds. The molecule has 104 valence electrons. The minimum absolute atomic E-state index is 0.134. The van der Waals surface area contributed by atoms with E-state index in [1.54, 1.807) is 12.1 Å². The lowest BCUT2D eigenvalue weighted by molar-refractivity contribution is 0.101. The Morgan fingerprint density at radius 1 is 1.35 bits per heavy atom. The van der Waals surface area contributed by atoms with Crippen LogP contribution in [0.15, 0.2) is 39.4 Å². The summed E-state index contributed by atoms with van der Waals surface area (Å²) < 4.78 is 3.64. The molecule has 0 radical (unpaired) electrons. The van der Waals surface area contributed by atoms with Crippen molar-refractivity contribution in [2.45, 2.75) is 18.9 Å². The molecule has 1 aliphatic carbocycles. The third kappa shape index (κ3) is 2.80. The first-order valence-electron chi connectivity index (χ1n) is 6.19. The van der Waals surface area contributed by atoms with Crippen LogP contribution in [0.4, 0.5) is 5.69 Å². The highest BCUT2D eigenvalue weighted by molar-refractivity contribution is 9.11. The summed E-state index contributed by atoms with van der Waals surface area (Å²) in [7, 11) is 0. The lowest BCUT2D eigenvalue weighted by Crippen LogP contribution is -2.16. The molecule has 1 N–H and O–H groups in total. The van der Waals surface area contributed by atoms with E-state index in [4.69, 9.17) is 11.6 Å². The first kappa shape index (κ1) is 14.2. The maximum absolute atomic E-state index is 12.4. The molecule has 1 fully saturated rings. The van der Waals surface area contributed by atoms with Crippen LogP contribution in [0.3, 0.4) is 0 Å². The molecule has 1 aromatic heterocycles. The van der Waals surface area contributed by atoms with Gasteiger partial charge in [0.2, 0.25) is 0 Å². The average Bonchev–Trinajstić information content (AvgIpc) is 3.18. The minimum atomic E-state index is -0.134. The Hall–Kier alpha value is -0.780. The number of amides is 1. The zero-order chi connectivity index (χ0) is 14.3. The molecule has 20 heavy (non-hydrogen) atoms. The van der Waals surface area contributed by atoms with Crippen molar-refractivity contribution in [2.75, 3.05) is 5.32 Å². The monoisotopic (exact) mass is 416 g/mol. The van der Waals surface area contributed by atoms with Crippen LogP contribution in [-0.2, 0) is 0 Å². The number of carbonyl (C=O) groups is 1. The van der Waals surface area contributed by atoms with E-state index in [0.29, 0.717) is 26.9 Å². The van der Waals surface area contributed by atoms with Crippen molar-refractivity contribution < 1.29 is 4.79 Å². The van der Waals surface area contributed by atoms with Crippen LogP contribution >= 0.6 is 43.5 Å². The molecule has 3 rings (SSSR count). The largest absolute Gasteiger partial charge is 0.339 e. The standard InChI is InChI=1S/C14H11Br2ClN2O/c15-8-6-12(19(7-8)9-4-5-9)14(20)18-11-3-1-2-10(17)13(11)16/h1-3,6-7,9H,4-5H2,(H,18,20). The van der Waals surface area contributed by atoms with E-state index in [1.807, 2.05) is 22.9 Å². The molecule has 3 nitrogen and oxygen atoms in total. The van der Waals surface area contributed by atoms with Gasteiger partial charge < -0.3 is 9.88 Å². The summed E-state index contributed by atoms with van der Waals surface area (Å²) in [5.41, 5.74) is 1.33. The van der Waals surface area contributed by atoms with Gasteiger partial charge >= 0.3 is 0 Å². The van der Waals surface area contributed by atoms with Gasteiger partial charge in [0.25, 0.3) is 5.91 Å². The number of hydrogen-bond acceptors (Lipinski definition) is 1. The number of aromatic nitrogens is 1. The first-order chi connectivity index (χ1) is 9.56. The number of halogens is 3. The van der Waals surface area contributed by atoms with Crippen LogP contribution in [0.25, 0.3) is 0 Å². The van der Waals surface area contributed by atoms with Gasteiger partial charge in [-0.05, 0) is 62.9 Å². The van der Waals surface area contributed by atoms with E-state index in [9.17, 15) is 4.79 Å². The van der Waals surface area contributed by atoms with Crippen molar-refractivity contribution in [1.82, 2.24) is 4.57 Å². The third-order valence-electron chi connectivity index (χ3n) is 3.19. The smallest absolute Gasteiger partial charge is 0.272 e. The molecule has 0 spiro atoms. The van der Waals surface area contributed by atoms with Crippen molar-refractivity contribution in [3.63, 3.8) is 0 Å². The predicted octanol–water partition coefficient (Wildman–Crippen LogP) is 5.25. The predicted molar refractivity (Wildman–Crippen MR) is 87.5 cm³/mol. The first-order valence-corrected chi connectivity index (χ1v) is 8.15. The quantitative estimate of drug-likeness (QED) is 0.725. The van der Waals surface area contributed by atoms with E-state index in [0.717, 1.165) is 17.3 Å². The van der Waals surface area contributed by atoms with Gasteiger partial charge in [-0.1, -0.05) is 17.7 Å². The van der Waals surface area contributed by atoms with Crippen LogP contribution in [-0.4, -0.2) is 10.5 Å². The van der Waals surface area contributed by atoms with Gasteiger partial charge in [-0.25, -0.2) is 0 Å². The summed E-state index contributed by atoms with van der Waals surface area (Å²) in [6.07, 6.45) is 4.21. The van der Waals surface area contributed by atoms with E-state index in [2.05, 4.69) is 37.2 Å². The Morgan fingerprint density at radius 2 is 2.10 bits per heavy atom. The minimum Gasteiger partial charge on any atom is -0.339 e. The fourth-order valence-corrected chi connectivity index (χ4v) is 3.04. The number of carbonyl (C=O) groups excluding carboxylic acids is 1. The maximum atomic E-state index is 12.4. The molecule has 1 aliphatic rings. The second-order valence-corrected chi connectivity index (χ2v) is 6.85. The number of rotatable bonds is 3. The molecule has 6 heteroatoms. The second kappa shape index (κ2) is 5.54. The number of anilines is 1. The van der Waals surface area contributed by atoms with Crippen molar-refractivity contribution in [3.05, 3.63) is 50.1 Å². The number of hydrogen-bond donors (Lipinski definition) is 1. The van der Waals surface area contributed by atoms with Crippen molar-refractivity contribution >= 4 is 55.1 Å². The molecule has 2 aromatic rings. The van der Waals surface area contributed by atoms with Crippen LogP contribution < -0.4 is 5.32 Å². The fourth-order valence-electron chi connectivity index (χ4n) is 2.07. The Bertz CT molecular complexity index is 680. The van der Waals surface area contributed by atoms with Gasteiger partial charge in [-0.2, -0.15) is 0 Å². The van der Waals surface area contributed by atoms with Crippen LogP contribution in [0, 0.1) is 0 Å². The molecular weight excluding hydrogens is 407 g/mol. The fraction of sp³-hybridized carbons (Fsp3) is 0.214. The van der Waals surface area contributed by atoms with E-state index >= 15 is 0 Å². The van der Waals surface area contributed by atoms with Gasteiger partial charge in [0, 0.05) is 16.7 Å². The van der Waals surface area contributed by atoms with Gasteiger partial charge in [0.05, 0.1) is 15.2 Å². The maximum Gasteiger partial charge on any atom is 0.272 e. The zero-order valence-electron chi connectivity index (χ0n) is 10.4. The third-order valence-corrected chi connectivity index (χ3v) is 5.02. The molecule has 0 aliphatic heterocycles. The summed E-state index contributed by atoms with van der Waals surface area (Å²) in [4.78, 5) is 12.4. The highest BCUT2D eigenvalue weighted by Gasteiger charge is 2.28. The Labute approximate surface area is 138 Å². The number of nitrogens with zero attached hydrogens (tertiary/aromatic N) is 1. The molecular formula is C14H11Br2ClN2O. The second-order valence-electron chi connectivity index (χ2n) is 4.74. The summed E-state index contributed by atoms with van der Waals surface area (Å²) in [6, 6.07) is 7.67. The summed E-state index contributed by atoms with van der Waals surface area (Å²) in [5, 5.41) is 3.46. The van der Waals surface area contributed by atoms with Crippen molar-refractivity contribution in [1.29, 1.82) is 0 Å². The molecule has 0 saturated heterocycles. The summed E-state index contributed by atoms with van der Waals surface area (Å²) in [6.45, 7) is 0. The normalized spacial score (nSPS) is 14.3. The van der Waals surface area contributed by atoms with Crippen LogP contribution in [0.5, 0.6) is 0 Å². The van der Waals surface area contributed by atoms with Gasteiger partial charge in [-0.15, -0.1) is 0 Å². The van der Waals surface area contributed by atoms with E-state index in [1.165, 1.54) is 0 Å².